The molecular weight excluding hydrogens is 424 g/mol. The van der Waals surface area contributed by atoms with Crippen LogP contribution in [0.5, 0.6) is 0 Å². The molecule has 0 spiro atoms. The third-order valence-electron chi connectivity index (χ3n) is 6.15. The fraction of sp³-hybridized carbons (Fsp3) is 0.179. The molecule has 6 nitrogen and oxygen atoms in total. The maximum Gasteiger partial charge on any atom is 0.326 e. The second-order valence-electron chi connectivity index (χ2n) is 8.44. The van der Waals surface area contributed by atoms with Gasteiger partial charge in [0.25, 0.3) is 5.89 Å². The van der Waals surface area contributed by atoms with Crippen molar-refractivity contribution in [2.24, 2.45) is 0 Å². The first-order chi connectivity index (χ1) is 16.5. The number of hydrogen-bond donors (Lipinski definition) is 1. The van der Waals surface area contributed by atoms with E-state index in [-0.39, 0.29) is 6.03 Å². The molecule has 0 radical (unpaired) electrons. The smallest absolute Gasteiger partial charge is 0.326 e. The molecule has 1 aliphatic heterocycles. The summed E-state index contributed by atoms with van der Waals surface area (Å²) in [6.45, 7) is 6.06. The Hall–Kier alpha value is -4.19. The number of benzene rings is 3. The van der Waals surface area contributed by atoms with Gasteiger partial charge in [0.2, 0.25) is 5.82 Å². The highest BCUT2D eigenvalue weighted by Crippen LogP contribution is 2.39. The predicted molar refractivity (Wildman–Crippen MR) is 133 cm³/mol. The first kappa shape index (κ1) is 21.6. The summed E-state index contributed by atoms with van der Waals surface area (Å²) in [6.07, 6.45) is 0.937. The molecule has 0 bridgehead atoms. The monoisotopic (exact) mass is 450 g/mol. The van der Waals surface area contributed by atoms with E-state index in [1.165, 1.54) is 5.56 Å². The van der Waals surface area contributed by atoms with Crippen LogP contribution >= 0.6 is 0 Å². The maximum atomic E-state index is 13.3. The second-order valence-corrected chi connectivity index (χ2v) is 8.44. The van der Waals surface area contributed by atoms with Crippen molar-refractivity contribution in [1.82, 2.24) is 15.5 Å². The average molecular weight is 451 g/mol. The fourth-order valence-corrected chi connectivity index (χ4v) is 4.34. The topological polar surface area (TPSA) is 71.3 Å². The number of aryl methyl sites for hydroxylation is 2. The second kappa shape index (κ2) is 8.98. The number of anilines is 1. The van der Waals surface area contributed by atoms with Gasteiger partial charge in [0, 0.05) is 11.3 Å². The van der Waals surface area contributed by atoms with Gasteiger partial charge in [-0.05, 0) is 49.6 Å². The summed E-state index contributed by atoms with van der Waals surface area (Å²) >= 11 is 0. The van der Waals surface area contributed by atoms with Crippen molar-refractivity contribution in [3.05, 3.63) is 107 Å². The van der Waals surface area contributed by atoms with Crippen LogP contribution in [0.4, 0.5) is 10.5 Å². The Balaban J connectivity index is 1.64. The van der Waals surface area contributed by atoms with Crippen molar-refractivity contribution in [3.63, 3.8) is 0 Å². The number of allylic oxidation sites excluding steroid dienone is 1. The highest BCUT2D eigenvalue weighted by atomic mass is 16.5. The Morgan fingerprint density at radius 3 is 2.44 bits per heavy atom. The van der Waals surface area contributed by atoms with E-state index in [2.05, 4.69) is 17.4 Å². The molecule has 2 amide bonds. The number of urea groups is 1. The normalized spacial score (nSPS) is 16.0. The Kier molecular flexibility index (Phi) is 5.72. The molecule has 1 aliphatic rings. The molecule has 3 aromatic carbocycles. The fourth-order valence-electron chi connectivity index (χ4n) is 4.34. The van der Waals surface area contributed by atoms with Crippen LogP contribution in [0.15, 0.2) is 89.1 Å². The summed E-state index contributed by atoms with van der Waals surface area (Å²) in [7, 11) is 0. The lowest BCUT2D eigenvalue weighted by Crippen LogP contribution is -2.46. The average Bonchev–Trinajstić information content (AvgIpc) is 3.34. The first-order valence-corrected chi connectivity index (χ1v) is 11.4. The third-order valence-corrected chi connectivity index (χ3v) is 6.15. The zero-order chi connectivity index (χ0) is 23.7. The number of carbonyl (C=O) groups is 1. The molecule has 170 valence electrons. The highest BCUT2D eigenvalue weighted by molar-refractivity contribution is 6.01. The Morgan fingerprint density at radius 2 is 1.74 bits per heavy atom. The lowest BCUT2D eigenvalue weighted by molar-refractivity contribution is 0.244. The molecular formula is C28H26N4O2. The molecule has 1 aromatic heterocycles. The first-order valence-electron chi connectivity index (χ1n) is 11.4. The zero-order valence-electron chi connectivity index (χ0n) is 19.4. The number of nitrogens with one attached hydrogen (secondary N) is 1. The SMILES string of the molecule is CCc1ccc(N2C(=O)NC(c3ccccc3)C(c3nc(-c4cccc(C)c4)no3)=C2C)cc1. The lowest BCUT2D eigenvalue weighted by Gasteiger charge is -2.35. The number of aromatic nitrogens is 2. The van der Waals surface area contributed by atoms with Crippen molar-refractivity contribution in [1.29, 1.82) is 0 Å². The van der Waals surface area contributed by atoms with Gasteiger partial charge in [-0.3, -0.25) is 4.90 Å². The Labute approximate surface area is 198 Å². The van der Waals surface area contributed by atoms with Crippen LogP contribution in [0.3, 0.4) is 0 Å². The van der Waals surface area contributed by atoms with E-state index in [1.54, 1.807) is 4.90 Å². The number of carbonyl (C=O) groups excluding carboxylic acids is 1. The quantitative estimate of drug-likeness (QED) is 0.387. The minimum atomic E-state index is -0.411. The molecule has 1 N–H and O–H groups in total. The van der Waals surface area contributed by atoms with E-state index in [0.29, 0.717) is 11.7 Å². The van der Waals surface area contributed by atoms with Gasteiger partial charge in [0.05, 0.1) is 17.3 Å². The standard InChI is InChI=1S/C28H26N4O2/c1-4-20-13-15-23(16-14-20)32-19(3)24(25(29-28(32)33)21-10-6-5-7-11-21)27-30-26(31-34-27)22-12-8-9-18(2)17-22/h5-17,25H,4H2,1-3H3,(H,29,33). The highest BCUT2D eigenvalue weighted by Gasteiger charge is 2.36. The van der Waals surface area contributed by atoms with Gasteiger partial charge in [-0.25, -0.2) is 4.79 Å². The van der Waals surface area contributed by atoms with Gasteiger partial charge in [0.1, 0.15) is 0 Å². The minimum absolute atomic E-state index is 0.197. The number of amides is 2. The summed E-state index contributed by atoms with van der Waals surface area (Å²) in [4.78, 5) is 19.7. The van der Waals surface area contributed by atoms with Crippen molar-refractivity contribution < 1.29 is 9.32 Å². The van der Waals surface area contributed by atoms with Gasteiger partial charge in [-0.15, -0.1) is 0 Å². The van der Waals surface area contributed by atoms with E-state index in [4.69, 9.17) is 9.51 Å². The van der Waals surface area contributed by atoms with Gasteiger partial charge < -0.3 is 9.84 Å². The molecule has 6 heteroatoms. The predicted octanol–water partition coefficient (Wildman–Crippen LogP) is 6.31. The van der Waals surface area contributed by atoms with Gasteiger partial charge in [0.15, 0.2) is 0 Å². The van der Waals surface area contributed by atoms with Crippen LogP contribution in [-0.4, -0.2) is 16.2 Å². The Morgan fingerprint density at radius 1 is 0.971 bits per heavy atom. The number of rotatable bonds is 5. The van der Waals surface area contributed by atoms with E-state index >= 15 is 0 Å². The molecule has 0 saturated heterocycles. The van der Waals surface area contributed by atoms with Crippen molar-refractivity contribution in [3.8, 4) is 11.4 Å². The van der Waals surface area contributed by atoms with Crippen molar-refractivity contribution >= 4 is 17.3 Å². The van der Waals surface area contributed by atoms with Gasteiger partial charge in [-0.1, -0.05) is 78.3 Å². The van der Waals surface area contributed by atoms with Crippen LogP contribution in [0.25, 0.3) is 17.0 Å². The Bertz CT molecular complexity index is 1360. The summed E-state index contributed by atoms with van der Waals surface area (Å²) in [5.74, 6) is 0.902. The molecule has 0 fully saturated rings. The van der Waals surface area contributed by atoms with E-state index in [1.807, 2.05) is 92.7 Å². The summed E-state index contributed by atoms with van der Waals surface area (Å²) < 4.78 is 5.78. The molecule has 4 aromatic rings. The van der Waals surface area contributed by atoms with Crippen LogP contribution < -0.4 is 10.2 Å². The van der Waals surface area contributed by atoms with E-state index in [9.17, 15) is 4.79 Å². The molecule has 1 unspecified atom stereocenters. The summed E-state index contributed by atoms with van der Waals surface area (Å²) in [5.41, 5.74) is 6.48. The van der Waals surface area contributed by atoms with E-state index in [0.717, 1.165) is 40.1 Å². The largest absolute Gasteiger partial charge is 0.334 e. The lowest BCUT2D eigenvalue weighted by atomic mass is 9.94. The zero-order valence-corrected chi connectivity index (χ0v) is 19.4. The molecule has 5 rings (SSSR count). The molecule has 1 atom stereocenters. The summed E-state index contributed by atoms with van der Waals surface area (Å²) in [6, 6.07) is 25.2. The molecule has 0 saturated carbocycles. The van der Waals surface area contributed by atoms with E-state index < -0.39 is 6.04 Å². The van der Waals surface area contributed by atoms with Crippen LogP contribution in [0.1, 0.15) is 42.5 Å². The number of nitrogens with zero attached hydrogens (tertiary/aromatic N) is 3. The molecule has 0 aliphatic carbocycles. The molecule has 34 heavy (non-hydrogen) atoms. The van der Waals surface area contributed by atoms with Crippen LogP contribution in [-0.2, 0) is 6.42 Å². The van der Waals surface area contributed by atoms with Crippen LogP contribution in [0.2, 0.25) is 0 Å². The molecule has 2 heterocycles. The maximum absolute atomic E-state index is 13.3. The van der Waals surface area contributed by atoms with Crippen molar-refractivity contribution in [2.45, 2.75) is 33.2 Å². The number of hydrogen-bond acceptors (Lipinski definition) is 4. The van der Waals surface area contributed by atoms with Gasteiger partial charge in [-0.2, -0.15) is 4.98 Å². The van der Waals surface area contributed by atoms with Gasteiger partial charge >= 0.3 is 6.03 Å². The van der Waals surface area contributed by atoms with Crippen molar-refractivity contribution in [2.75, 3.05) is 4.90 Å². The summed E-state index contributed by atoms with van der Waals surface area (Å²) in [5, 5.41) is 7.40. The third kappa shape index (κ3) is 3.99. The minimum Gasteiger partial charge on any atom is -0.334 e. The van der Waals surface area contributed by atoms with Crippen LogP contribution in [0, 0.1) is 6.92 Å².